The van der Waals surface area contributed by atoms with Crippen LogP contribution in [-0.4, -0.2) is 138 Å². The molecule has 3 heterocycles. The van der Waals surface area contributed by atoms with Gasteiger partial charge in [-0.05, 0) is 123 Å². The summed E-state index contributed by atoms with van der Waals surface area (Å²) in [6.45, 7) is 2.40. The van der Waals surface area contributed by atoms with Crippen molar-refractivity contribution in [3.63, 3.8) is 0 Å². The molecule has 21 nitrogen and oxygen atoms in total. The Morgan fingerprint density at radius 3 is 2.00 bits per heavy atom. The number of likely N-dealkylation sites (tertiary alicyclic amines) is 1. The molecule has 0 spiro atoms. The molecule has 3 aliphatic rings. The van der Waals surface area contributed by atoms with Crippen molar-refractivity contribution in [2.75, 3.05) is 68.4 Å². The third-order valence-corrected chi connectivity index (χ3v) is 14.4. The van der Waals surface area contributed by atoms with Crippen molar-refractivity contribution in [2.24, 2.45) is 0 Å². The van der Waals surface area contributed by atoms with Gasteiger partial charge in [0.1, 0.15) is 29.7 Å². The Balaban J connectivity index is 0.885. The largest absolute Gasteiger partial charge is 0.493 e. The van der Waals surface area contributed by atoms with Gasteiger partial charge in [0.15, 0.2) is 36.2 Å². The standard InChI is InChI=1S/C59H71N5O16/c1-7-40(38-32-48(75-4)54(77-6)49(33-38)76-5)56(69)63-29-13-10-19-43(63)59(72)80-44(24-21-36-22-25-45(73-2)47(30-36)74-3)37-16-14-17-39(31-37)78-34-51(66)60-27-11-8-9-12-28-61-52(67)35-79-46-20-15-18-41-53(46)58(71)64(57(41)70)42-23-26-50(65)62-55(42)68/h14-18,20,22,25,30-33,40,42-44H,7-13,19,21,23-24,26-29,34-35H2,1-6H3,(H,60,66)(H,61,67)(H,62,65,68)/t40-,42?,43-,44+/m0/s1. The Morgan fingerprint density at radius 2 is 1.35 bits per heavy atom. The van der Waals surface area contributed by atoms with E-state index in [-0.39, 0.29) is 48.1 Å². The van der Waals surface area contributed by atoms with Gasteiger partial charge in [0.05, 0.1) is 52.6 Å². The zero-order valence-corrected chi connectivity index (χ0v) is 46.2. The molecule has 7 amide bonds. The molecule has 1 unspecified atom stereocenters. The summed E-state index contributed by atoms with van der Waals surface area (Å²) in [6, 6.07) is 18.7. The molecule has 0 aliphatic carbocycles. The van der Waals surface area contributed by atoms with Crippen molar-refractivity contribution in [1.29, 1.82) is 0 Å². The summed E-state index contributed by atoms with van der Waals surface area (Å²) in [6.07, 6.45) is 5.33. The van der Waals surface area contributed by atoms with Crippen LogP contribution in [0.1, 0.15) is 127 Å². The van der Waals surface area contributed by atoms with Crippen molar-refractivity contribution in [3.8, 4) is 40.2 Å². The Labute approximate surface area is 465 Å². The summed E-state index contributed by atoms with van der Waals surface area (Å²) in [7, 11) is 7.68. The first-order valence-corrected chi connectivity index (χ1v) is 27.0. The minimum absolute atomic E-state index is 0.00834. The van der Waals surface area contributed by atoms with Gasteiger partial charge in [-0.3, -0.25) is 43.8 Å². The molecule has 0 bridgehead atoms. The highest BCUT2D eigenvalue weighted by molar-refractivity contribution is 6.24. The number of methoxy groups -OCH3 is 5. The van der Waals surface area contributed by atoms with E-state index in [0.717, 1.165) is 36.1 Å². The van der Waals surface area contributed by atoms with E-state index in [1.54, 1.807) is 49.5 Å². The van der Waals surface area contributed by atoms with Gasteiger partial charge in [0.25, 0.3) is 23.6 Å². The van der Waals surface area contributed by atoms with E-state index in [1.807, 2.05) is 31.2 Å². The summed E-state index contributed by atoms with van der Waals surface area (Å²) in [5.41, 5.74) is 2.25. The quantitative estimate of drug-likeness (QED) is 0.0326. The molecule has 3 aliphatic heterocycles. The van der Waals surface area contributed by atoms with Gasteiger partial charge in [-0.15, -0.1) is 0 Å². The number of imide groups is 2. The predicted octanol–water partition coefficient (Wildman–Crippen LogP) is 6.17. The maximum absolute atomic E-state index is 14.5. The third kappa shape index (κ3) is 14.5. The van der Waals surface area contributed by atoms with E-state index < -0.39 is 66.2 Å². The van der Waals surface area contributed by atoms with Gasteiger partial charge in [-0.25, -0.2) is 4.79 Å². The molecule has 2 saturated heterocycles. The molecule has 0 saturated carbocycles. The number of amides is 7. The molecule has 0 aromatic heterocycles. The van der Waals surface area contributed by atoms with Gasteiger partial charge >= 0.3 is 5.97 Å². The first kappa shape index (κ1) is 59.3. The highest BCUT2D eigenvalue weighted by atomic mass is 16.5. The number of piperidine rings is 2. The van der Waals surface area contributed by atoms with E-state index >= 15 is 0 Å². The van der Waals surface area contributed by atoms with Gasteiger partial charge in [0, 0.05) is 26.1 Å². The minimum atomic E-state index is -1.13. The number of hydrogen-bond donors (Lipinski definition) is 3. The second kappa shape index (κ2) is 28.5. The Morgan fingerprint density at radius 1 is 0.675 bits per heavy atom. The Kier molecular flexibility index (Phi) is 21.1. The van der Waals surface area contributed by atoms with E-state index in [1.165, 1.54) is 39.5 Å². The molecule has 4 aromatic rings. The number of nitrogens with zero attached hydrogens (tertiary/aromatic N) is 2. The van der Waals surface area contributed by atoms with Crippen molar-refractivity contribution >= 4 is 47.3 Å². The van der Waals surface area contributed by atoms with Crippen LogP contribution in [0.3, 0.4) is 0 Å². The Hall–Kier alpha value is -8.36. The van der Waals surface area contributed by atoms with Crippen LogP contribution >= 0.6 is 0 Å². The molecular weight excluding hydrogens is 1030 g/mol. The zero-order chi connectivity index (χ0) is 57.3. The Bertz CT molecular complexity index is 2890. The third-order valence-electron chi connectivity index (χ3n) is 14.4. The summed E-state index contributed by atoms with van der Waals surface area (Å²) < 4.78 is 45.8. The van der Waals surface area contributed by atoms with Gasteiger partial charge in [-0.2, -0.15) is 0 Å². The topological polar surface area (TPSA) is 253 Å². The van der Waals surface area contributed by atoms with Crippen LogP contribution in [0.4, 0.5) is 0 Å². The molecule has 4 atom stereocenters. The molecular formula is C59H71N5O16. The van der Waals surface area contributed by atoms with Gasteiger partial charge in [-0.1, -0.05) is 44.0 Å². The molecule has 0 radical (unpaired) electrons. The number of esters is 1. The average molecular weight is 1110 g/mol. The monoisotopic (exact) mass is 1110 g/mol. The smallest absolute Gasteiger partial charge is 0.329 e. The van der Waals surface area contributed by atoms with Crippen molar-refractivity contribution < 1.29 is 76.3 Å². The van der Waals surface area contributed by atoms with E-state index in [9.17, 15) is 38.4 Å². The summed E-state index contributed by atoms with van der Waals surface area (Å²) >= 11 is 0. The molecule has 7 rings (SSSR count). The number of aryl methyl sites for hydroxylation is 1. The van der Waals surface area contributed by atoms with E-state index in [4.69, 9.17) is 37.9 Å². The number of unbranched alkanes of at least 4 members (excludes halogenated alkanes) is 3. The molecule has 4 aromatic carbocycles. The fourth-order valence-electron chi connectivity index (χ4n) is 10.2. The number of ether oxygens (including phenoxy) is 8. The fourth-order valence-corrected chi connectivity index (χ4v) is 10.2. The lowest BCUT2D eigenvalue weighted by Crippen LogP contribution is -2.54. The van der Waals surface area contributed by atoms with Crippen LogP contribution in [0.5, 0.6) is 40.2 Å². The first-order valence-electron chi connectivity index (χ1n) is 27.0. The first-order chi connectivity index (χ1) is 38.7. The average Bonchev–Trinajstić information content (AvgIpc) is 3.73. The highest BCUT2D eigenvalue weighted by Gasteiger charge is 2.46. The lowest BCUT2D eigenvalue weighted by Gasteiger charge is -2.37. The summed E-state index contributed by atoms with van der Waals surface area (Å²) in [5.74, 6) is -1.86. The fraction of sp³-hybridized carbons (Fsp3) is 0.458. The highest BCUT2D eigenvalue weighted by Crippen LogP contribution is 2.42. The number of carbonyl (C=O) groups excluding carboxylic acids is 8. The number of carbonyl (C=O) groups is 8. The predicted molar refractivity (Wildman–Crippen MR) is 290 cm³/mol. The second-order valence-electron chi connectivity index (χ2n) is 19.5. The van der Waals surface area contributed by atoms with Gasteiger partial charge < -0.3 is 53.4 Å². The number of hydrogen-bond acceptors (Lipinski definition) is 16. The van der Waals surface area contributed by atoms with Crippen molar-refractivity contribution in [2.45, 2.75) is 108 Å². The molecule has 3 N–H and O–H groups in total. The summed E-state index contributed by atoms with van der Waals surface area (Å²) in [4.78, 5) is 108. The number of rotatable bonds is 28. The van der Waals surface area contributed by atoms with Crippen LogP contribution in [0.15, 0.2) is 72.8 Å². The second-order valence-corrected chi connectivity index (χ2v) is 19.5. The van der Waals surface area contributed by atoms with Crippen LogP contribution in [0.25, 0.3) is 0 Å². The lowest BCUT2D eigenvalue weighted by molar-refractivity contribution is -0.162. The van der Waals surface area contributed by atoms with Crippen molar-refractivity contribution in [3.05, 3.63) is 101 Å². The maximum atomic E-state index is 14.5. The molecule has 21 heteroatoms. The number of nitrogens with one attached hydrogen (secondary N) is 3. The van der Waals surface area contributed by atoms with Crippen LogP contribution < -0.4 is 49.1 Å². The zero-order valence-electron chi connectivity index (χ0n) is 46.2. The van der Waals surface area contributed by atoms with Crippen LogP contribution in [-0.2, 0) is 39.9 Å². The maximum Gasteiger partial charge on any atom is 0.329 e. The number of benzene rings is 4. The molecule has 80 heavy (non-hydrogen) atoms. The van der Waals surface area contributed by atoms with E-state index in [0.29, 0.717) is 104 Å². The molecule has 428 valence electrons. The number of fused-ring (bicyclic) bond motifs is 1. The minimum Gasteiger partial charge on any atom is -0.493 e. The lowest BCUT2D eigenvalue weighted by atomic mass is 9.91. The summed E-state index contributed by atoms with van der Waals surface area (Å²) in [5, 5.41) is 7.82. The molecule has 2 fully saturated rings. The van der Waals surface area contributed by atoms with Crippen LogP contribution in [0.2, 0.25) is 0 Å². The van der Waals surface area contributed by atoms with Crippen LogP contribution in [0, 0.1) is 0 Å². The SMILES string of the molecule is CC[C@H](C(=O)N1CCCC[C@H]1C(=O)O[C@H](CCc1ccc(OC)c(OC)c1)c1cccc(OCC(=O)NCCCCCCNC(=O)COc2cccc3c2C(=O)N(C2CCC(=O)NC2=O)C3=O)c1)c1cc(OC)c(OC)c(OC)c1. The van der Waals surface area contributed by atoms with E-state index in [2.05, 4.69) is 16.0 Å². The van der Waals surface area contributed by atoms with Gasteiger partial charge in [0.2, 0.25) is 23.5 Å². The normalized spacial score (nSPS) is 16.6. The van der Waals surface area contributed by atoms with Crippen molar-refractivity contribution in [1.82, 2.24) is 25.8 Å².